The number of fused-ring (bicyclic) bond motifs is 1. The van der Waals surface area contributed by atoms with Gasteiger partial charge in [-0.2, -0.15) is 0 Å². The zero-order valence-corrected chi connectivity index (χ0v) is 11.5. The minimum atomic E-state index is -0.775. The summed E-state index contributed by atoms with van der Waals surface area (Å²) in [4.78, 5) is 20.3. The first-order valence-electron chi connectivity index (χ1n) is 6.32. The summed E-state index contributed by atoms with van der Waals surface area (Å²) in [5.41, 5.74) is 4.46. The molecule has 0 spiro atoms. The fraction of sp³-hybridized carbons (Fsp3) is 0.429. The number of aliphatic carboxylic acids is 1. The molecular weight excluding hydrogens is 242 g/mol. The summed E-state index contributed by atoms with van der Waals surface area (Å²) < 4.78 is 0. The number of carbonyl (C=O) groups is 1. The molecule has 0 aliphatic rings. The lowest BCUT2D eigenvalue weighted by Gasteiger charge is -2.12. The first-order chi connectivity index (χ1) is 8.95. The Labute approximate surface area is 112 Å². The highest BCUT2D eigenvalue weighted by molar-refractivity contribution is 5.77. The quantitative estimate of drug-likeness (QED) is 0.864. The number of imidazole rings is 1. The molecule has 0 radical (unpaired) electrons. The van der Waals surface area contributed by atoms with Crippen LogP contribution >= 0.6 is 0 Å². The van der Waals surface area contributed by atoms with Gasteiger partial charge >= 0.3 is 5.97 Å². The van der Waals surface area contributed by atoms with Gasteiger partial charge in [-0.25, -0.2) is 4.98 Å². The van der Waals surface area contributed by atoms with E-state index in [1.165, 1.54) is 11.1 Å². The Morgan fingerprint density at radius 1 is 1.37 bits per heavy atom. The summed E-state index contributed by atoms with van der Waals surface area (Å²) in [6.07, 6.45) is 0.148. The molecule has 0 aliphatic carbocycles. The Balaban J connectivity index is 2.11. The van der Waals surface area contributed by atoms with Crippen LogP contribution in [0.5, 0.6) is 0 Å². The highest BCUT2D eigenvalue weighted by Gasteiger charge is 2.08. The van der Waals surface area contributed by atoms with E-state index in [0.29, 0.717) is 13.1 Å². The number of nitrogens with zero attached hydrogens (tertiary/aromatic N) is 2. The lowest BCUT2D eigenvalue weighted by Crippen LogP contribution is -2.21. The van der Waals surface area contributed by atoms with Crippen molar-refractivity contribution in [2.24, 2.45) is 0 Å². The molecule has 2 N–H and O–H groups in total. The maximum atomic E-state index is 10.5. The molecule has 5 nitrogen and oxygen atoms in total. The van der Waals surface area contributed by atoms with Gasteiger partial charge in [-0.1, -0.05) is 0 Å². The predicted molar refractivity (Wildman–Crippen MR) is 74.2 cm³/mol. The second kappa shape index (κ2) is 5.40. The van der Waals surface area contributed by atoms with Crippen molar-refractivity contribution >= 4 is 17.0 Å². The van der Waals surface area contributed by atoms with Gasteiger partial charge in [0, 0.05) is 6.54 Å². The van der Waals surface area contributed by atoms with Crippen LogP contribution in [0.4, 0.5) is 0 Å². The topological polar surface area (TPSA) is 69.2 Å². The Morgan fingerprint density at radius 3 is 2.74 bits per heavy atom. The highest BCUT2D eigenvalue weighted by Crippen LogP contribution is 2.17. The number of hydrogen-bond donors (Lipinski definition) is 2. The number of nitrogens with one attached hydrogen (secondary N) is 1. The molecule has 0 unspecified atom stereocenters. The molecule has 0 bridgehead atoms. The Kier molecular flexibility index (Phi) is 3.85. The van der Waals surface area contributed by atoms with Crippen LogP contribution in [0.1, 0.15) is 23.4 Å². The van der Waals surface area contributed by atoms with E-state index in [2.05, 4.69) is 35.9 Å². The van der Waals surface area contributed by atoms with E-state index in [9.17, 15) is 4.79 Å². The zero-order chi connectivity index (χ0) is 14.0. The van der Waals surface area contributed by atoms with Crippen LogP contribution in [0, 0.1) is 13.8 Å². The van der Waals surface area contributed by atoms with E-state index >= 15 is 0 Å². The van der Waals surface area contributed by atoms with Crippen LogP contribution in [0.25, 0.3) is 11.0 Å². The summed E-state index contributed by atoms with van der Waals surface area (Å²) in [6.45, 7) is 5.29. The SMILES string of the molecule is Cc1cc2nc(CN(C)CCC(=O)O)[nH]c2cc1C. The molecule has 1 heterocycles. The fourth-order valence-corrected chi connectivity index (χ4v) is 2.02. The van der Waals surface area contributed by atoms with Crippen LogP contribution in [0.3, 0.4) is 0 Å². The molecule has 2 aromatic rings. The van der Waals surface area contributed by atoms with Gasteiger partial charge in [0.05, 0.1) is 24.0 Å². The van der Waals surface area contributed by atoms with Gasteiger partial charge in [-0.05, 0) is 44.2 Å². The van der Waals surface area contributed by atoms with E-state index in [0.717, 1.165) is 16.9 Å². The molecular formula is C14H19N3O2. The summed E-state index contributed by atoms with van der Waals surface area (Å²) in [7, 11) is 1.90. The number of aromatic nitrogens is 2. The van der Waals surface area contributed by atoms with E-state index < -0.39 is 5.97 Å². The summed E-state index contributed by atoms with van der Waals surface area (Å²) in [5.74, 6) is 0.0931. The smallest absolute Gasteiger partial charge is 0.304 e. The van der Waals surface area contributed by atoms with Crippen molar-refractivity contribution in [2.45, 2.75) is 26.8 Å². The largest absolute Gasteiger partial charge is 0.481 e. The van der Waals surface area contributed by atoms with Crippen molar-refractivity contribution in [3.05, 3.63) is 29.1 Å². The van der Waals surface area contributed by atoms with Crippen LogP contribution in [0.2, 0.25) is 0 Å². The number of carboxylic acid groups (broad SMARTS) is 1. The number of aromatic amines is 1. The van der Waals surface area contributed by atoms with Crippen LogP contribution in [0.15, 0.2) is 12.1 Å². The molecule has 1 aromatic carbocycles. The second-order valence-electron chi connectivity index (χ2n) is 5.02. The standard InChI is InChI=1S/C14H19N3O2/c1-9-6-11-12(7-10(9)2)16-13(15-11)8-17(3)5-4-14(18)19/h6-7H,4-5,8H2,1-3H3,(H,15,16)(H,18,19). The zero-order valence-electron chi connectivity index (χ0n) is 11.5. The van der Waals surface area contributed by atoms with Crippen molar-refractivity contribution in [1.82, 2.24) is 14.9 Å². The van der Waals surface area contributed by atoms with E-state index in [-0.39, 0.29) is 6.42 Å². The third-order valence-corrected chi connectivity index (χ3v) is 3.27. The van der Waals surface area contributed by atoms with Crippen LogP contribution in [-0.2, 0) is 11.3 Å². The Hall–Kier alpha value is -1.88. The van der Waals surface area contributed by atoms with Crippen LogP contribution < -0.4 is 0 Å². The predicted octanol–water partition coefficient (Wildman–Crippen LogP) is 2.09. The minimum absolute atomic E-state index is 0.148. The first-order valence-corrected chi connectivity index (χ1v) is 6.32. The molecule has 2 rings (SSSR count). The van der Waals surface area contributed by atoms with E-state index in [1.54, 1.807) is 0 Å². The molecule has 19 heavy (non-hydrogen) atoms. The van der Waals surface area contributed by atoms with Gasteiger partial charge in [0.25, 0.3) is 0 Å². The molecule has 1 aromatic heterocycles. The van der Waals surface area contributed by atoms with Crippen molar-refractivity contribution in [3.63, 3.8) is 0 Å². The molecule has 0 aliphatic heterocycles. The molecule has 0 amide bonds. The monoisotopic (exact) mass is 261 g/mol. The van der Waals surface area contributed by atoms with E-state index in [4.69, 9.17) is 5.11 Å². The molecule has 0 atom stereocenters. The minimum Gasteiger partial charge on any atom is -0.481 e. The average Bonchev–Trinajstić information content (AvgIpc) is 2.68. The van der Waals surface area contributed by atoms with Gasteiger partial charge in [-0.3, -0.25) is 9.69 Å². The van der Waals surface area contributed by atoms with E-state index in [1.807, 2.05) is 11.9 Å². The lowest BCUT2D eigenvalue weighted by molar-refractivity contribution is -0.137. The molecule has 102 valence electrons. The number of carboxylic acids is 1. The third kappa shape index (κ3) is 3.32. The first kappa shape index (κ1) is 13.5. The maximum absolute atomic E-state index is 10.5. The highest BCUT2D eigenvalue weighted by atomic mass is 16.4. The van der Waals surface area contributed by atoms with Gasteiger partial charge in [0.15, 0.2) is 0 Å². The molecule has 0 saturated heterocycles. The lowest BCUT2D eigenvalue weighted by atomic mass is 10.1. The summed E-state index contributed by atoms with van der Waals surface area (Å²) in [6, 6.07) is 4.17. The Morgan fingerprint density at radius 2 is 2.05 bits per heavy atom. The fourth-order valence-electron chi connectivity index (χ4n) is 2.02. The summed E-state index contributed by atoms with van der Waals surface area (Å²) >= 11 is 0. The second-order valence-corrected chi connectivity index (χ2v) is 5.02. The van der Waals surface area contributed by atoms with Gasteiger partial charge in [0.1, 0.15) is 5.82 Å². The molecule has 0 fully saturated rings. The van der Waals surface area contributed by atoms with Crippen LogP contribution in [-0.4, -0.2) is 39.5 Å². The third-order valence-electron chi connectivity index (χ3n) is 3.27. The van der Waals surface area contributed by atoms with Crippen molar-refractivity contribution in [2.75, 3.05) is 13.6 Å². The number of hydrogen-bond acceptors (Lipinski definition) is 3. The van der Waals surface area contributed by atoms with Gasteiger partial charge in [0.2, 0.25) is 0 Å². The molecule has 0 saturated carbocycles. The van der Waals surface area contributed by atoms with Gasteiger partial charge in [-0.15, -0.1) is 0 Å². The number of H-pyrrole nitrogens is 1. The molecule has 5 heteroatoms. The number of aryl methyl sites for hydroxylation is 2. The Bertz CT molecular complexity index is 565. The average molecular weight is 261 g/mol. The maximum Gasteiger partial charge on any atom is 0.304 e. The van der Waals surface area contributed by atoms with Gasteiger partial charge < -0.3 is 10.1 Å². The van der Waals surface area contributed by atoms with Crippen molar-refractivity contribution < 1.29 is 9.90 Å². The number of benzene rings is 1. The van der Waals surface area contributed by atoms with Crippen molar-refractivity contribution in [3.8, 4) is 0 Å². The van der Waals surface area contributed by atoms with Crippen molar-refractivity contribution in [1.29, 1.82) is 0 Å². The summed E-state index contributed by atoms with van der Waals surface area (Å²) in [5, 5.41) is 8.65. The normalized spacial score (nSPS) is 11.4. The number of rotatable bonds is 5.